The van der Waals surface area contributed by atoms with E-state index < -0.39 is 0 Å². The molecule has 0 radical (unpaired) electrons. The molecular weight excluding hydrogens is 288 g/mol. The zero-order valence-corrected chi connectivity index (χ0v) is 13.5. The number of hydrogen-bond acceptors (Lipinski definition) is 3. The fourth-order valence-corrected chi connectivity index (χ4v) is 2.89. The van der Waals surface area contributed by atoms with Gasteiger partial charge in [0, 0.05) is 31.0 Å². The van der Waals surface area contributed by atoms with E-state index in [1.165, 1.54) is 5.56 Å². The van der Waals surface area contributed by atoms with Crippen molar-refractivity contribution in [3.8, 4) is 5.75 Å². The first-order valence-corrected chi connectivity index (χ1v) is 8.22. The molecule has 1 aromatic carbocycles. The monoisotopic (exact) mass is 310 g/mol. The third kappa shape index (κ3) is 3.70. The number of carbonyl (C=O) groups excluding carboxylic acids is 1. The quantitative estimate of drug-likeness (QED) is 0.852. The Morgan fingerprint density at radius 1 is 1.26 bits per heavy atom. The first-order chi connectivity index (χ1) is 11.3. The Morgan fingerprint density at radius 2 is 2.09 bits per heavy atom. The zero-order valence-electron chi connectivity index (χ0n) is 13.5. The highest BCUT2D eigenvalue weighted by atomic mass is 16.5. The molecule has 0 aliphatic carbocycles. The Kier molecular flexibility index (Phi) is 4.91. The number of rotatable bonds is 5. The van der Waals surface area contributed by atoms with Crippen LogP contribution in [0.3, 0.4) is 0 Å². The van der Waals surface area contributed by atoms with Crippen LogP contribution in [0, 0.1) is 0 Å². The molecule has 1 aliphatic heterocycles. The molecule has 0 atom stereocenters. The van der Waals surface area contributed by atoms with Gasteiger partial charge in [-0.2, -0.15) is 0 Å². The number of benzene rings is 1. The third-order valence-electron chi connectivity index (χ3n) is 4.24. The van der Waals surface area contributed by atoms with E-state index in [-0.39, 0.29) is 5.91 Å². The zero-order chi connectivity index (χ0) is 16.1. The lowest BCUT2D eigenvalue weighted by Gasteiger charge is -2.23. The maximum absolute atomic E-state index is 12.8. The van der Waals surface area contributed by atoms with Crippen LogP contribution in [0.15, 0.2) is 42.7 Å². The average Bonchev–Trinajstić information content (AvgIpc) is 2.62. The molecule has 0 bridgehead atoms. The van der Waals surface area contributed by atoms with Crippen LogP contribution < -0.4 is 4.74 Å². The van der Waals surface area contributed by atoms with Crippen LogP contribution in [-0.4, -0.2) is 35.5 Å². The van der Waals surface area contributed by atoms with Crippen molar-refractivity contribution in [1.29, 1.82) is 0 Å². The number of amides is 1. The third-order valence-corrected chi connectivity index (χ3v) is 4.24. The summed E-state index contributed by atoms with van der Waals surface area (Å²) in [6.07, 6.45) is 6.42. The summed E-state index contributed by atoms with van der Waals surface area (Å²) < 4.78 is 5.62. The summed E-state index contributed by atoms with van der Waals surface area (Å²) in [6.45, 7) is 4.21. The van der Waals surface area contributed by atoms with E-state index in [0.717, 1.165) is 42.7 Å². The van der Waals surface area contributed by atoms with E-state index in [1.54, 1.807) is 12.4 Å². The molecule has 3 rings (SSSR count). The average molecular weight is 310 g/mol. The van der Waals surface area contributed by atoms with Gasteiger partial charge in [0.15, 0.2) is 0 Å². The van der Waals surface area contributed by atoms with Gasteiger partial charge in [-0.1, -0.05) is 0 Å². The highest BCUT2D eigenvalue weighted by Crippen LogP contribution is 2.26. The molecule has 23 heavy (non-hydrogen) atoms. The van der Waals surface area contributed by atoms with Crippen LogP contribution in [0.4, 0.5) is 0 Å². The van der Waals surface area contributed by atoms with Gasteiger partial charge >= 0.3 is 0 Å². The van der Waals surface area contributed by atoms with Gasteiger partial charge in [0.05, 0.1) is 6.61 Å². The summed E-state index contributed by atoms with van der Waals surface area (Å²) in [7, 11) is 0. The van der Waals surface area contributed by atoms with E-state index in [1.807, 2.05) is 42.2 Å². The van der Waals surface area contributed by atoms with Crippen LogP contribution in [0.2, 0.25) is 0 Å². The number of aryl methyl sites for hydroxylation is 1. The topological polar surface area (TPSA) is 42.4 Å². The van der Waals surface area contributed by atoms with Crippen LogP contribution in [0.25, 0.3) is 0 Å². The Morgan fingerprint density at radius 3 is 2.87 bits per heavy atom. The molecule has 0 unspecified atom stereocenters. The van der Waals surface area contributed by atoms with Crippen molar-refractivity contribution >= 4 is 5.91 Å². The van der Waals surface area contributed by atoms with Gasteiger partial charge in [-0.25, -0.2) is 0 Å². The van der Waals surface area contributed by atoms with Crippen molar-refractivity contribution in [2.75, 3.05) is 19.7 Å². The molecule has 2 aromatic rings. The largest absolute Gasteiger partial charge is 0.493 e. The van der Waals surface area contributed by atoms with Crippen molar-refractivity contribution in [3.05, 3.63) is 59.4 Å². The number of likely N-dealkylation sites (N-methyl/N-ethyl adjacent to an activating group) is 1. The number of hydrogen-bond donors (Lipinski definition) is 0. The smallest absolute Gasteiger partial charge is 0.253 e. The second kappa shape index (κ2) is 7.27. The van der Waals surface area contributed by atoms with E-state index in [4.69, 9.17) is 4.74 Å². The predicted molar refractivity (Wildman–Crippen MR) is 89.8 cm³/mol. The van der Waals surface area contributed by atoms with Gasteiger partial charge in [0.1, 0.15) is 5.75 Å². The van der Waals surface area contributed by atoms with Crippen molar-refractivity contribution in [2.45, 2.75) is 26.2 Å². The standard InChI is InChI=1S/C19H22N2O2/c1-2-21(12-9-15-7-10-20-11-8-15)19(22)17-5-6-18-16(14-17)4-3-13-23-18/h5-8,10-11,14H,2-4,9,12-13H2,1H3. The summed E-state index contributed by atoms with van der Waals surface area (Å²) in [5, 5.41) is 0. The minimum Gasteiger partial charge on any atom is -0.493 e. The minimum absolute atomic E-state index is 0.0925. The van der Waals surface area contributed by atoms with Crippen LogP contribution in [-0.2, 0) is 12.8 Å². The molecule has 4 heteroatoms. The van der Waals surface area contributed by atoms with E-state index in [2.05, 4.69) is 4.98 Å². The van der Waals surface area contributed by atoms with Gasteiger partial charge in [-0.15, -0.1) is 0 Å². The molecule has 4 nitrogen and oxygen atoms in total. The summed E-state index contributed by atoms with van der Waals surface area (Å²) in [4.78, 5) is 18.7. The van der Waals surface area contributed by atoms with Crippen molar-refractivity contribution in [3.63, 3.8) is 0 Å². The van der Waals surface area contributed by atoms with Gasteiger partial charge in [-0.05, 0) is 67.6 Å². The fraction of sp³-hybridized carbons (Fsp3) is 0.368. The molecule has 1 aromatic heterocycles. The number of pyridine rings is 1. The molecule has 0 saturated carbocycles. The normalized spacial score (nSPS) is 13.1. The first kappa shape index (κ1) is 15.5. The Balaban J connectivity index is 1.69. The summed E-state index contributed by atoms with van der Waals surface area (Å²) in [5.41, 5.74) is 3.10. The van der Waals surface area contributed by atoms with E-state index in [9.17, 15) is 4.79 Å². The van der Waals surface area contributed by atoms with Crippen molar-refractivity contribution in [2.24, 2.45) is 0 Å². The van der Waals surface area contributed by atoms with Gasteiger partial charge in [0.25, 0.3) is 5.91 Å². The SMILES string of the molecule is CCN(CCc1ccncc1)C(=O)c1ccc2c(c1)CCCO2. The molecule has 1 aliphatic rings. The molecule has 0 spiro atoms. The highest BCUT2D eigenvalue weighted by molar-refractivity contribution is 5.94. The predicted octanol–water partition coefficient (Wildman–Crippen LogP) is 3.11. The Hall–Kier alpha value is -2.36. The summed E-state index contributed by atoms with van der Waals surface area (Å²) >= 11 is 0. The van der Waals surface area contributed by atoms with Gasteiger partial charge in [-0.3, -0.25) is 9.78 Å². The van der Waals surface area contributed by atoms with Gasteiger partial charge < -0.3 is 9.64 Å². The second-order valence-electron chi connectivity index (χ2n) is 5.76. The molecule has 2 heterocycles. The van der Waals surface area contributed by atoms with E-state index >= 15 is 0 Å². The maximum Gasteiger partial charge on any atom is 0.253 e. The fourth-order valence-electron chi connectivity index (χ4n) is 2.89. The minimum atomic E-state index is 0.0925. The van der Waals surface area contributed by atoms with E-state index in [0.29, 0.717) is 13.1 Å². The molecule has 0 N–H and O–H groups in total. The first-order valence-electron chi connectivity index (χ1n) is 8.22. The number of carbonyl (C=O) groups is 1. The van der Waals surface area contributed by atoms with Crippen LogP contribution in [0.1, 0.15) is 34.8 Å². The molecule has 1 amide bonds. The van der Waals surface area contributed by atoms with Crippen LogP contribution >= 0.6 is 0 Å². The maximum atomic E-state index is 12.8. The lowest BCUT2D eigenvalue weighted by Crippen LogP contribution is -2.32. The number of ether oxygens (including phenoxy) is 1. The van der Waals surface area contributed by atoms with Crippen molar-refractivity contribution < 1.29 is 9.53 Å². The Bertz CT molecular complexity index is 670. The lowest BCUT2D eigenvalue weighted by molar-refractivity contribution is 0.0766. The molecule has 120 valence electrons. The molecular formula is C19H22N2O2. The second-order valence-corrected chi connectivity index (χ2v) is 5.76. The number of fused-ring (bicyclic) bond motifs is 1. The highest BCUT2D eigenvalue weighted by Gasteiger charge is 2.17. The molecule has 0 fully saturated rings. The lowest BCUT2D eigenvalue weighted by atomic mass is 10.0. The summed E-state index contributed by atoms with van der Waals surface area (Å²) in [6, 6.07) is 9.79. The van der Waals surface area contributed by atoms with Gasteiger partial charge in [0.2, 0.25) is 0 Å². The van der Waals surface area contributed by atoms with Crippen molar-refractivity contribution in [1.82, 2.24) is 9.88 Å². The number of nitrogens with zero attached hydrogens (tertiary/aromatic N) is 2. The molecule has 0 saturated heterocycles. The summed E-state index contributed by atoms with van der Waals surface area (Å²) in [5.74, 6) is 1.02. The van der Waals surface area contributed by atoms with Crippen LogP contribution in [0.5, 0.6) is 5.75 Å². The number of aromatic nitrogens is 1. The Labute approximate surface area is 137 Å².